The van der Waals surface area contributed by atoms with Crippen LogP contribution in [-0.2, 0) is 22.6 Å². The van der Waals surface area contributed by atoms with E-state index in [1.165, 1.54) is 16.7 Å². The van der Waals surface area contributed by atoms with Crippen LogP contribution in [0, 0.1) is 18.3 Å². The summed E-state index contributed by atoms with van der Waals surface area (Å²) >= 11 is 13.7. The van der Waals surface area contributed by atoms with E-state index in [2.05, 4.69) is 5.32 Å². The van der Waals surface area contributed by atoms with Gasteiger partial charge in [-0.3, -0.25) is 14.5 Å². The molecule has 1 saturated heterocycles. The highest BCUT2D eigenvalue weighted by atomic mass is 35.5. The second-order valence-corrected chi connectivity index (χ2v) is 10.1. The number of aryl methyl sites for hydroxylation is 1. The Hall–Kier alpha value is -3.24. The molecule has 1 aliphatic heterocycles. The van der Waals surface area contributed by atoms with Gasteiger partial charge < -0.3 is 5.32 Å². The third-order valence-corrected chi connectivity index (χ3v) is 7.37. The number of nitrogens with zero attached hydrogens (tertiary/aromatic N) is 2. The van der Waals surface area contributed by atoms with Crippen molar-refractivity contribution in [3.63, 3.8) is 0 Å². The molecule has 5 nitrogen and oxygen atoms in total. The summed E-state index contributed by atoms with van der Waals surface area (Å²) in [7, 11) is 0. The van der Waals surface area contributed by atoms with Crippen molar-refractivity contribution >= 4 is 52.5 Å². The highest BCUT2D eigenvalue weighted by molar-refractivity contribution is 8.05. The van der Waals surface area contributed by atoms with E-state index in [4.69, 9.17) is 23.2 Å². The molecular formula is C27H21Cl2N3O2S. The molecule has 0 unspecified atom stereocenters. The van der Waals surface area contributed by atoms with Gasteiger partial charge in [-0.15, -0.1) is 0 Å². The SMILES string of the molecule is Cc1ccc(N2C(=O)[C@@H](Cc3cc(Cl)ccc3Cl)S/C2=C(/C#N)C(=O)NCc2ccccc2)cc1. The standard InChI is InChI=1S/C27H21Cl2N3O2S/c1-17-7-10-21(11-8-17)32-26(34)24(14-19-13-20(28)9-12-23(19)29)35-27(32)22(15-30)25(33)31-16-18-5-3-2-4-6-18/h2-13,24H,14,16H2,1H3,(H,31,33)/b27-22-/t24-/m1/s1. The first-order chi connectivity index (χ1) is 16.9. The van der Waals surface area contributed by atoms with E-state index in [1.807, 2.05) is 55.5 Å². The molecule has 8 heteroatoms. The molecule has 35 heavy (non-hydrogen) atoms. The molecule has 0 aromatic heterocycles. The van der Waals surface area contributed by atoms with E-state index in [-0.39, 0.29) is 18.0 Å². The van der Waals surface area contributed by atoms with Crippen LogP contribution in [-0.4, -0.2) is 17.1 Å². The van der Waals surface area contributed by atoms with E-state index in [1.54, 1.807) is 30.3 Å². The molecule has 0 radical (unpaired) electrons. The smallest absolute Gasteiger partial charge is 0.264 e. The van der Waals surface area contributed by atoms with Gasteiger partial charge >= 0.3 is 0 Å². The molecule has 1 aliphatic rings. The molecule has 0 bridgehead atoms. The largest absolute Gasteiger partial charge is 0.347 e. The maximum Gasteiger partial charge on any atom is 0.264 e. The van der Waals surface area contributed by atoms with E-state index in [9.17, 15) is 14.9 Å². The van der Waals surface area contributed by atoms with Crippen LogP contribution in [0.2, 0.25) is 10.0 Å². The summed E-state index contributed by atoms with van der Waals surface area (Å²) in [5.41, 5.74) is 3.14. The first kappa shape index (κ1) is 24.9. The predicted octanol–water partition coefficient (Wildman–Crippen LogP) is 6.04. The molecule has 176 valence electrons. The molecule has 3 aromatic carbocycles. The predicted molar refractivity (Wildman–Crippen MR) is 141 cm³/mol. The average Bonchev–Trinajstić information content (AvgIpc) is 3.17. The maximum atomic E-state index is 13.6. The van der Waals surface area contributed by atoms with Crippen LogP contribution in [0.25, 0.3) is 0 Å². The molecule has 2 amide bonds. The number of hydrogen-bond acceptors (Lipinski definition) is 4. The second-order valence-electron chi connectivity index (χ2n) is 8.02. The molecule has 0 aliphatic carbocycles. The van der Waals surface area contributed by atoms with Crippen LogP contribution < -0.4 is 10.2 Å². The molecule has 1 N–H and O–H groups in total. The first-order valence-electron chi connectivity index (χ1n) is 10.8. The van der Waals surface area contributed by atoms with Gasteiger partial charge in [-0.05, 0) is 54.8 Å². The van der Waals surface area contributed by atoms with Crippen molar-refractivity contribution in [2.24, 2.45) is 0 Å². The zero-order valence-corrected chi connectivity index (χ0v) is 21.1. The second kappa shape index (κ2) is 11.0. The zero-order valence-electron chi connectivity index (χ0n) is 18.8. The van der Waals surface area contributed by atoms with Gasteiger partial charge in [-0.2, -0.15) is 5.26 Å². The van der Waals surface area contributed by atoms with E-state index < -0.39 is 11.2 Å². The van der Waals surface area contributed by atoms with E-state index in [0.29, 0.717) is 27.2 Å². The van der Waals surface area contributed by atoms with Crippen LogP contribution >= 0.6 is 35.0 Å². The number of hydrogen-bond donors (Lipinski definition) is 1. The monoisotopic (exact) mass is 521 g/mol. The van der Waals surface area contributed by atoms with Crippen molar-refractivity contribution in [3.8, 4) is 6.07 Å². The number of anilines is 1. The van der Waals surface area contributed by atoms with Crippen LogP contribution in [0.4, 0.5) is 5.69 Å². The lowest BCUT2D eigenvalue weighted by Crippen LogP contribution is -2.32. The fourth-order valence-corrected chi connectivity index (χ4v) is 5.37. The summed E-state index contributed by atoms with van der Waals surface area (Å²) in [6.07, 6.45) is 0.305. The lowest BCUT2D eigenvalue weighted by molar-refractivity contribution is -0.117. The van der Waals surface area contributed by atoms with Crippen molar-refractivity contribution in [2.45, 2.75) is 25.1 Å². The number of halogens is 2. The maximum absolute atomic E-state index is 13.6. The lowest BCUT2D eigenvalue weighted by atomic mass is 10.1. The summed E-state index contributed by atoms with van der Waals surface area (Å²) in [6.45, 7) is 2.21. The summed E-state index contributed by atoms with van der Waals surface area (Å²) in [5, 5.41) is 13.5. The fraction of sp³-hybridized carbons (Fsp3) is 0.148. The molecular weight excluding hydrogens is 501 g/mol. The number of nitriles is 1. The zero-order chi connectivity index (χ0) is 24.9. The van der Waals surface area contributed by atoms with Crippen molar-refractivity contribution < 1.29 is 9.59 Å². The Labute approximate surface area is 218 Å². The molecule has 0 saturated carbocycles. The van der Waals surface area contributed by atoms with Crippen molar-refractivity contribution in [1.29, 1.82) is 5.26 Å². The van der Waals surface area contributed by atoms with E-state index >= 15 is 0 Å². The summed E-state index contributed by atoms with van der Waals surface area (Å²) in [6, 6.07) is 23.9. The Morgan fingerprint density at radius 1 is 1.09 bits per heavy atom. The van der Waals surface area contributed by atoms with Gasteiger partial charge in [0.05, 0.1) is 5.25 Å². The highest BCUT2D eigenvalue weighted by Crippen LogP contribution is 2.42. The van der Waals surface area contributed by atoms with Gasteiger partial charge in [0.2, 0.25) is 5.91 Å². The number of amides is 2. The lowest BCUT2D eigenvalue weighted by Gasteiger charge is -2.19. The van der Waals surface area contributed by atoms with Crippen molar-refractivity contribution in [3.05, 3.63) is 110 Å². The minimum Gasteiger partial charge on any atom is -0.347 e. The number of thioether (sulfide) groups is 1. The molecule has 0 spiro atoms. The quantitative estimate of drug-likeness (QED) is 0.316. The summed E-state index contributed by atoms with van der Waals surface area (Å²) in [5.74, 6) is -0.765. The number of rotatable bonds is 6. The van der Waals surface area contributed by atoms with Crippen LogP contribution in [0.1, 0.15) is 16.7 Å². The summed E-state index contributed by atoms with van der Waals surface area (Å²) in [4.78, 5) is 28.1. The van der Waals surface area contributed by atoms with Crippen molar-refractivity contribution in [1.82, 2.24) is 5.32 Å². The third-order valence-electron chi connectivity index (χ3n) is 5.51. The van der Waals surface area contributed by atoms with Crippen molar-refractivity contribution in [2.75, 3.05) is 4.90 Å². The molecule has 1 fully saturated rings. The van der Waals surface area contributed by atoms with Crippen LogP contribution in [0.5, 0.6) is 0 Å². The normalized spacial score (nSPS) is 16.7. The van der Waals surface area contributed by atoms with Gasteiger partial charge in [0.15, 0.2) is 0 Å². The number of benzene rings is 3. The highest BCUT2D eigenvalue weighted by Gasteiger charge is 2.41. The third kappa shape index (κ3) is 5.71. The van der Waals surface area contributed by atoms with Gasteiger partial charge in [-0.1, -0.05) is 83.0 Å². The number of carbonyl (C=O) groups excluding carboxylic acids is 2. The Balaban J connectivity index is 1.69. The van der Waals surface area contributed by atoms with Gasteiger partial charge in [0, 0.05) is 22.3 Å². The van der Waals surface area contributed by atoms with Gasteiger partial charge in [0.1, 0.15) is 16.7 Å². The minimum absolute atomic E-state index is 0.112. The number of carbonyl (C=O) groups is 2. The first-order valence-corrected chi connectivity index (χ1v) is 12.5. The Morgan fingerprint density at radius 3 is 2.49 bits per heavy atom. The van der Waals surface area contributed by atoms with Crippen LogP contribution in [0.3, 0.4) is 0 Å². The molecule has 3 aromatic rings. The minimum atomic E-state index is -0.576. The fourth-order valence-electron chi connectivity index (χ4n) is 3.68. The molecule has 1 heterocycles. The van der Waals surface area contributed by atoms with Gasteiger partial charge in [-0.25, -0.2) is 0 Å². The summed E-state index contributed by atoms with van der Waals surface area (Å²) < 4.78 is 0. The Bertz CT molecular complexity index is 1330. The van der Waals surface area contributed by atoms with E-state index in [0.717, 1.165) is 16.7 Å². The topological polar surface area (TPSA) is 73.2 Å². The Kier molecular flexibility index (Phi) is 7.82. The number of nitrogens with one attached hydrogen (secondary N) is 1. The average molecular weight is 522 g/mol. The van der Waals surface area contributed by atoms with Crippen LogP contribution in [0.15, 0.2) is 83.4 Å². The van der Waals surface area contributed by atoms with Gasteiger partial charge in [0.25, 0.3) is 5.91 Å². The Morgan fingerprint density at radius 2 is 1.80 bits per heavy atom. The molecule has 4 rings (SSSR count). The molecule has 1 atom stereocenters.